The quantitative estimate of drug-likeness (QED) is 0.113. The predicted molar refractivity (Wildman–Crippen MR) is 153 cm³/mol. The van der Waals surface area contributed by atoms with Crippen LogP contribution < -0.4 is 4.74 Å². The molecule has 0 bridgehead atoms. The summed E-state index contributed by atoms with van der Waals surface area (Å²) in [6.07, 6.45) is 1.28. The maximum atomic E-state index is 13.5. The largest absolute Gasteiger partial charge is 0.494 e. The zero-order valence-electron chi connectivity index (χ0n) is 25.7. The van der Waals surface area contributed by atoms with Gasteiger partial charge in [-0.1, -0.05) is 67.5 Å². The summed E-state index contributed by atoms with van der Waals surface area (Å²) in [5.41, 5.74) is -0.494. The van der Waals surface area contributed by atoms with Crippen LogP contribution in [0, 0.1) is 28.1 Å². The van der Waals surface area contributed by atoms with Gasteiger partial charge < -0.3 is 14.2 Å². The van der Waals surface area contributed by atoms with Gasteiger partial charge in [-0.05, 0) is 79.0 Å². The minimum atomic E-state index is -4.55. The van der Waals surface area contributed by atoms with E-state index < -0.39 is 24.2 Å². The van der Waals surface area contributed by atoms with E-state index in [4.69, 9.17) is 9.47 Å². The molecule has 0 unspecified atom stereocenters. The van der Waals surface area contributed by atoms with Crippen molar-refractivity contribution in [3.63, 3.8) is 0 Å². The van der Waals surface area contributed by atoms with Gasteiger partial charge in [-0.15, -0.1) is 0 Å². The van der Waals surface area contributed by atoms with E-state index >= 15 is 0 Å². The monoisotopic (exact) mass is 570 g/mol. The number of unbranched alkanes of at least 4 members (excludes halogenated alkanes) is 3. The molecule has 1 aromatic carbocycles. The van der Waals surface area contributed by atoms with Crippen molar-refractivity contribution < 1.29 is 37.0 Å². The van der Waals surface area contributed by atoms with Gasteiger partial charge in [0.1, 0.15) is 5.75 Å². The Labute approximate surface area is 238 Å². The molecule has 5 nitrogen and oxygen atoms in total. The molecule has 0 N–H and O–H groups in total. The smallest absolute Gasteiger partial charge is 0.422 e. The van der Waals surface area contributed by atoms with Gasteiger partial charge in [0.25, 0.3) is 0 Å². The molecule has 0 spiro atoms. The van der Waals surface area contributed by atoms with Gasteiger partial charge in [0.05, 0.1) is 18.6 Å². The third kappa shape index (κ3) is 9.84. The molecule has 0 saturated heterocycles. The molecule has 0 aliphatic carbocycles. The van der Waals surface area contributed by atoms with E-state index in [0.29, 0.717) is 36.4 Å². The van der Waals surface area contributed by atoms with E-state index in [2.05, 4.69) is 67.1 Å². The molecule has 0 aliphatic rings. The molecule has 0 aliphatic heterocycles. The molecule has 0 radical (unpaired) electrons. The number of carbonyl (C=O) groups is 2. The van der Waals surface area contributed by atoms with Crippen LogP contribution in [0.2, 0.25) is 0 Å². The highest BCUT2D eigenvalue weighted by Gasteiger charge is 2.59. The molecule has 0 heterocycles. The second-order valence-corrected chi connectivity index (χ2v) is 12.4. The lowest BCUT2D eigenvalue weighted by molar-refractivity contribution is -0.184. The first kappa shape index (κ1) is 35.5. The van der Waals surface area contributed by atoms with Crippen molar-refractivity contribution >= 4 is 18.0 Å². The number of esters is 2. The van der Waals surface area contributed by atoms with Crippen molar-refractivity contribution in [3.05, 3.63) is 35.9 Å². The van der Waals surface area contributed by atoms with E-state index in [1.807, 2.05) is 0 Å². The minimum absolute atomic E-state index is 0.121. The number of benzene rings is 1. The van der Waals surface area contributed by atoms with Gasteiger partial charge in [0, 0.05) is 6.08 Å². The predicted octanol–water partition coefficient (Wildman–Crippen LogP) is 8.66. The Bertz CT molecular complexity index is 940. The zero-order chi connectivity index (χ0) is 30.8. The van der Waals surface area contributed by atoms with Crippen molar-refractivity contribution in [2.75, 3.05) is 19.8 Å². The molecule has 0 amide bonds. The van der Waals surface area contributed by atoms with E-state index in [0.717, 1.165) is 31.8 Å². The van der Waals surface area contributed by atoms with Crippen LogP contribution in [0.5, 0.6) is 5.75 Å². The summed E-state index contributed by atoms with van der Waals surface area (Å²) in [4.78, 5) is 24.9. The maximum Gasteiger partial charge on any atom is 0.422 e. The van der Waals surface area contributed by atoms with Gasteiger partial charge in [-0.3, -0.25) is 4.79 Å². The molecule has 8 heteroatoms. The third-order valence-corrected chi connectivity index (χ3v) is 9.08. The Kier molecular flexibility index (Phi) is 13.3. The van der Waals surface area contributed by atoms with Crippen molar-refractivity contribution in [1.82, 2.24) is 0 Å². The summed E-state index contributed by atoms with van der Waals surface area (Å²) in [7, 11) is 0. The van der Waals surface area contributed by atoms with Gasteiger partial charge in [-0.25, -0.2) is 4.79 Å². The second kappa shape index (κ2) is 14.9. The fourth-order valence-corrected chi connectivity index (χ4v) is 4.61. The third-order valence-electron chi connectivity index (χ3n) is 9.08. The van der Waals surface area contributed by atoms with Crippen LogP contribution in [0.25, 0.3) is 6.08 Å². The molecule has 1 rings (SSSR count). The van der Waals surface area contributed by atoms with Crippen molar-refractivity contribution in [3.8, 4) is 5.75 Å². The lowest BCUT2D eigenvalue weighted by atomic mass is 9.48. The summed E-state index contributed by atoms with van der Waals surface area (Å²) in [5, 5.41) is 0. The van der Waals surface area contributed by atoms with Crippen LogP contribution in [0.3, 0.4) is 0 Å². The molecule has 228 valence electrons. The van der Waals surface area contributed by atoms with Crippen LogP contribution in [-0.2, 0) is 19.1 Å². The van der Waals surface area contributed by atoms with E-state index in [-0.39, 0.29) is 16.8 Å². The molecule has 0 saturated carbocycles. The lowest BCUT2D eigenvalue weighted by Crippen LogP contribution is -2.56. The molecule has 0 fully saturated rings. The van der Waals surface area contributed by atoms with Crippen molar-refractivity contribution in [2.45, 2.75) is 94.2 Å². The van der Waals surface area contributed by atoms with Gasteiger partial charge in [0.2, 0.25) is 0 Å². The number of ether oxygens (including phenoxy) is 3. The summed E-state index contributed by atoms with van der Waals surface area (Å²) in [5.74, 6) is 0.105. The fourth-order valence-electron chi connectivity index (χ4n) is 4.61. The van der Waals surface area contributed by atoms with Gasteiger partial charge >= 0.3 is 18.1 Å². The number of rotatable bonds is 16. The SMILES string of the molecule is CC(C)C(C)(C)C(C)(C(=O)OCCCCCCOc1ccc(/C=C/C(=O)OCC(F)(F)F)cc1)C(C)(C)C(C)C. The Morgan fingerprint density at radius 3 is 1.75 bits per heavy atom. The number of hydrogen-bond acceptors (Lipinski definition) is 5. The highest BCUT2D eigenvalue weighted by Crippen LogP contribution is 2.58. The van der Waals surface area contributed by atoms with E-state index in [1.165, 1.54) is 6.08 Å². The first-order valence-corrected chi connectivity index (χ1v) is 14.2. The molecule has 1 aromatic rings. The van der Waals surface area contributed by atoms with Crippen molar-refractivity contribution in [2.24, 2.45) is 28.1 Å². The Hall–Kier alpha value is -2.51. The first-order chi connectivity index (χ1) is 18.4. The van der Waals surface area contributed by atoms with Crippen LogP contribution in [0.15, 0.2) is 30.3 Å². The highest BCUT2D eigenvalue weighted by atomic mass is 19.4. The van der Waals surface area contributed by atoms with Crippen LogP contribution in [-0.4, -0.2) is 37.9 Å². The Balaban J connectivity index is 2.43. The first-order valence-electron chi connectivity index (χ1n) is 14.2. The summed E-state index contributed by atoms with van der Waals surface area (Å²) < 4.78 is 52.0. The van der Waals surface area contributed by atoms with Crippen LogP contribution >= 0.6 is 0 Å². The molecular formula is C32H49F3O5. The number of carbonyl (C=O) groups excluding carboxylic acids is 2. The molecule has 40 heavy (non-hydrogen) atoms. The Morgan fingerprint density at radius 2 is 1.27 bits per heavy atom. The average molecular weight is 571 g/mol. The number of hydrogen-bond donors (Lipinski definition) is 0. The average Bonchev–Trinajstić information content (AvgIpc) is 2.86. The lowest BCUT2D eigenvalue weighted by Gasteiger charge is -2.55. The Morgan fingerprint density at radius 1 is 0.775 bits per heavy atom. The standard InChI is InChI=1S/C32H49F3O5/c1-23(2)29(5,6)31(9,30(7,8)24(3)4)28(37)39-21-13-11-10-12-20-38-26-17-14-25(15-18-26)16-19-27(36)40-22-32(33,34)35/h14-19,23-24H,10-13,20-22H2,1-9H3/b19-16+. The van der Waals surface area contributed by atoms with E-state index in [9.17, 15) is 22.8 Å². The van der Waals surface area contributed by atoms with E-state index in [1.54, 1.807) is 24.3 Å². The summed E-state index contributed by atoms with van der Waals surface area (Å²) in [6, 6.07) is 6.86. The summed E-state index contributed by atoms with van der Waals surface area (Å²) >= 11 is 0. The number of alkyl halides is 3. The van der Waals surface area contributed by atoms with Crippen molar-refractivity contribution in [1.29, 1.82) is 0 Å². The molecule has 0 atom stereocenters. The van der Waals surface area contributed by atoms with Gasteiger partial charge in [-0.2, -0.15) is 13.2 Å². The number of halogens is 3. The zero-order valence-corrected chi connectivity index (χ0v) is 25.7. The molecular weight excluding hydrogens is 521 g/mol. The normalized spacial score (nSPS) is 13.2. The topological polar surface area (TPSA) is 61.8 Å². The highest BCUT2D eigenvalue weighted by molar-refractivity contribution is 5.87. The fraction of sp³-hybridized carbons (Fsp3) is 0.688. The minimum Gasteiger partial charge on any atom is -0.494 e. The molecule has 0 aromatic heterocycles. The maximum absolute atomic E-state index is 13.5. The van der Waals surface area contributed by atoms with Crippen LogP contribution in [0.1, 0.15) is 93.6 Å². The van der Waals surface area contributed by atoms with Crippen LogP contribution in [0.4, 0.5) is 13.2 Å². The summed E-state index contributed by atoms with van der Waals surface area (Å²) in [6.45, 7) is 18.7. The second-order valence-electron chi connectivity index (χ2n) is 12.4. The van der Waals surface area contributed by atoms with Gasteiger partial charge in [0.15, 0.2) is 6.61 Å².